The Morgan fingerprint density at radius 3 is 2.89 bits per heavy atom. The Bertz CT molecular complexity index is 543. The topological polar surface area (TPSA) is 40.7 Å². The van der Waals surface area contributed by atoms with Gasteiger partial charge in [-0.05, 0) is 36.5 Å². The number of anilines is 1. The molecule has 3 nitrogen and oxygen atoms in total. The molecule has 1 aliphatic rings. The van der Waals surface area contributed by atoms with Crippen LogP contribution >= 0.6 is 0 Å². The first kappa shape index (κ1) is 12.3. The molecule has 0 radical (unpaired) electrons. The molecule has 1 aliphatic carbocycles. The van der Waals surface area contributed by atoms with E-state index in [4.69, 9.17) is 0 Å². The third kappa shape index (κ3) is 2.50. The second-order valence-electron chi connectivity index (χ2n) is 6.13. The van der Waals surface area contributed by atoms with Crippen LogP contribution in [0.5, 0.6) is 0 Å². The fourth-order valence-corrected chi connectivity index (χ4v) is 2.99. The highest BCUT2D eigenvalue weighted by Crippen LogP contribution is 2.39. The molecule has 1 aromatic heterocycles. The number of rotatable bonds is 3. The van der Waals surface area contributed by atoms with Crippen molar-refractivity contribution in [1.82, 2.24) is 10.2 Å². The summed E-state index contributed by atoms with van der Waals surface area (Å²) < 4.78 is 0. The second-order valence-corrected chi connectivity index (χ2v) is 6.13. The van der Waals surface area contributed by atoms with Gasteiger partial charge in [-0.1, -0.05) is 32.4 Å². The number of nitrogens with one attached hydrogen (secondary N) is 2. The Morgan fingerprint density at radius 2 is 2.21 bits per heavy atom. The van der Waals surface area contributed by atoms with Crippen molar-refractivity contribution in [3.63, 3.8) is 0 Å². The van der Waals surface area contributed by atoms with Crippen molar-refractivity contribution in [3.8, 4) is 11.3 Å². The van der Waals surface area contributed by atoms with Gasteiger partial charge in [0.1, 0.15) is 0 Å². The highest BCUT2D eigenvalue weighted by atomic mass is 15.1. The van der Waals surface area contributed by atoms with Crippen LogP contribution in [-0.2, 0) is 0 Å². The number of hydrogen-bond acceptors (Lipinski definition) is 2. The molecule has 1 aromatic carbocycles. The van der Waals surface area contributed by atoms with E-state index in [1.165, 1.54) is 30.5 Å². The van der Waals surface area contributed by atoms with Crippen LogP contribution in [0.2, 0.25) is 0 Å². The summed E-state index contributed by atoms with van der Waals surface area (Å²) in [5.74, 6) is 0. The molecule has 1 fully saturated rings. The fourth-order valence-electron chi connectivity index (χ4n) is 2.99. The smallest absolute Gasteiger partial charge is 0.0650 e. The maximum absolute atomic E-state index is 4.01. The predicted molar refractivity (Wildman–Crippen MR) is 79.1 cm³/mol. The number of aromatic nitrogens is 2. The zero-order chi connectivity index (χ0) is 13.3. The van der Waals surface area contributed by atoms with Crippen LogP contribution in [0, 0.1) is 5.41 Å². The minimum Gasteiger partial charge on any atom is -0.382 e. The maximum Gasteiger partial charge on any atom is 0.0650 e. The lowest BCUT2D eigenvalue weighted by Crippen LogP contribution is -2.30. The summed E-state index contributed by atoms with van der Waals surface area (Å²) in [5.41, 5.74) is 3.84. The zero-order valence-electron chi connectivity index (χ0n) is 11.6. The highest BCUT2D eigenvalue weighted by Gasteiger charge is 2.34. The van der Waals surface area contributed by atoms with Crippen LogP contribution in [0.3, 0.4) is 0 Å². The first-order valence-corrected chi connectivity index (χ1v) is 7.01. The third-order valence-corrected chi connectivity index (χ3v) is 4.27. The number of nitrogens with zero attached hydrogens (tertiary/aromatic N) is 1. The third-order valence-electron chi connectivity index (χ3n) is 4.27. The average molecular weight is 255 g/mol. The Kier molecular flexibility index (Phi) is 3.05. The van der Waals surface area contributed by atoms with Crippen LogP contribution in [0.1, 0.15) is 33.1 Å². The Labute approximate surface area is 114 Å². The molecule has 0 aliphatic heterocycles. The van der Waals surface area contributed by atoms with Crippen molar-refractivity contribution in [1.29, 1.82) is 0 Å². The second kappa shape index (κ2) is 4.72. The van der Waals surface area contributed by atoms with E-state index in [0.29, 0.717) is 11.5 Å². The van der Waals surface area contributed by atoms with Gasteiger partial charge in [0.25, 0.3) is 0 Å². The van der Waals surface area contributed by atoms with Gasteiger partial charge in [0, 0.05) is 23.5 Å². The van der Waals surface area contributed by atoms with Crippen molar-refractivity contribution >= 4 is 5.69 Å². The molecule has 0 bridgehead atoms. The highest BCUT2D eigenvalue weighted by molar-refractivity contribution is 5.64. The summed E-state index contributed by atoms with van der Waals surface area (Å²) >= 11 is 0. The molecule has 1 heterocycles. The number of hydrogen-bond donors (Lipinski definition) is 2. The summed E-state index contributed by atoms with van der Waals surface area (Å²) in [7, 11) is 0. The summed E-state index contributed by atoms with van der Waals surface area (Å²) in [5, 5.41) is 10.7. The van der Waals surface area contributed by atoms with E-state index in [-0.39, 0.29) is 0 Å². The molecule has 1 unspecified atom stereocenters. The van der Waals surface area contributed by atoms with E-state index >= 15 is 0 Å². The van der Waals surface area contributed by atoms with E-state index in [9.17, 15) is 0 Å². The molecule has 0 saturated heterocycles. The van der Waals surface area contributed by atoms with Gasteiger partial charge in [0.15, 0.2) is 0 Å². The molecule has 0 spiro atoms. The fraction of sp³-hybridized carbons (Fsp3) is 0.438. The van der Waals surface area contributed by atoms with E-state index in [1.54, 1.807) is 6.20 Å². The molecule has 100 valence electrons. The first-order valence-electron chi connectivity index (χ1n) is 7.01. The Morgan fingerprint density at radius 1 is 1.32 bits per heavy atom. The summed E-state index contributed by atoms with van der Waals surface area (Å²) in [4.78, 5) is 0. The van der Waals surface area contributed by atoms with E-state index in [2.05, 4.69) is 53.6 Å². The molecule has 1 saturated carbocycles. The van der Waals surface area contributed by atoms with Crippen molar-refractivity contribution in [2.45, 2.75) is 39.2 Å². The first-order chi connectivity index (χ1) is 9.15. The standard InChI is InChI=1S/C16H21N3/c1-16(2)9-4-7-15(16)18-13-6-3-5-12(11-13)14-8-10-17-19-14/h3,5-6,8,10-11,15,18H,4,7,9H2,1-2H3,(H,17,19). The molecule has 19 heavy (non-hydrogen) atoms. The van der Waals surface area contributed by atoms with Crippen LogP contribution in [0.25, 0.3) is 11.3 Å². The van der Waals surface area contributed by atoms with Crippen molar-refractivity contribution < 1.29 is 0 Å². The quantitative estimate of drug-likeness (QED) is 0.868. The number of aromatic amines is 1. The molecule has 1 atom stereocenters. The lowest BCUT2D eigenvalue weighted by molar-refractivity contribution is 0.350. The van der Waals surface area contributed by atoms with Crippen LogP contribution in [0.4, 0.5) is 5.69 Å². The van der Waals surface area contributed by atoms with Gasteiger partial charge >= 0.3 is 0 Å². The van der Waals surface area contributed by atoms with Crippen molar-refractivity contribution in [2.24, 2.45) is 5.41 Å². The van der Waals surface area contributed by atoms with Crippen molar-refractivity contribution in [3.05, 3.63) is 36.5 Å². The summed E-state index contributed by atoms with van der Waals surface area (Å²) in [6.45, 7) is 4.72. The lowest BCUT2D eigenvalue weighted by Gasteiger charge is -2.28. The Balaban J connectivity index is 1.81. The Hall–Kier alpha value is -1.77. The van der Waals surface area contributed by atoms with E-state index in [0.717, 1.165) is 5.69 Å². The van der Waals surface area contributed by atoms with Gasteiger partial charge in [-0.2, -0.15) is 5.10 Å². The molecule has 2 N–H and O–H groups in total. The van der Waals surface area contributed by atoms with Crippen LogP contribution in [-0.4, -0.2) is 16.2 Å². The average Bonchev–Trinajstić information content (AvgIpc) is 3.01. The minimum atomic E-state index is 0.393. The minimum absolute atomic E-state index is 0.393. The molecule has 3 rings (SSSR count). The van der Waals surface area contributed by atoms with Gasteiger partial charge in [-0.3, -0.25) is 5.10 Å². The van der Waals surface area contributed by atoms with Gasteiger partial charge in [0.05, 0.1) is 5.69 Å². The lowest BCUT2D eigenvalue weighted by atomic mass is 9.87. The van der Waals surface area contributed by atoms with E-state index in [1.807, 2.05) is 6.07 Å². The van der Waals surface area contributed by atoms with Crippen molar-refractivity contribution in [2.75, 3.05) is 5.32 Å². The predicted octanol–water partition coefficient (Wildman–Crippen LogP) is 4.07. The van der Waals surface area contributed by atoms with Crippen LogP contribution in [0.15, 0.2) is 36.5 Å². The maximum atomic E-state index is 4.01. The molecular weight excluding hydrogens is 234 g/mol. The SMILES string of the molecule is CC1(C)CCCC1Nc1cccc(-c2ccn[nH]2)c1. The molecular formula is C16H21N3. The zero-order valence-corrected chi connectivity index (χ0v) is 11.6. The summed E-state index contributed by atoms with van der Waals surface area (Å²) in [6, 6.07) is 11.1. The summed E-state index contributed by atoms with van der Waals surface area (Å²) in [6.07, 6.45) is 5.69. The van der Waals surface area contributed by atoms with Gasteiger partial charge < -0.3 is 5.32 Å². The van der Waals surface area contributed by atoms with Gasteiger partial charge in [-0.25, -0.2) is 0 Å². The largest absolute Gasteiger partial charge is 0.382 e. The number of H-pyrrole nitrogens is 1. The number of benzene rings is 1. The monoisotopic (exact) mass is 255 g/mol. The van der Waals surface area contributed by atoms with Gasteiger partial charge in [0.2, 0.25) is 0 Å². The van der Waals surface area contributed by atoms with E-state index < -0.39 is 0 Å². The van der Waals surface area contributed by atoms with Crippen LogP contribution < -0.4 is 5.32 Å². The van der Waals surface area contributed by atoms with Gasteiger partial charge in [-0.15, -0.1) is 0 Å². The molecule has 2 aromatic rings. The normalized spacial score (nSPS) is 21.5. The molecule has 3 heteroatoms. The molecule has 0 amide bonds.